The number of ether oxygens (including phenoxy) is 1. The van der Waals surface area contributed by atoms with Crippen molar-refractivity contribution in [1.82, 2.24) is 14.9 Å². The number of hydrogen-bond acceptors (Lipinski definition) is 7. The molecule has 4 rings (SSSR count). The average molecular weight is 349 g/mol. The first kappa shape index (κ1) is 15.6. The lowest BCUT2D eigenvalue weighted by atomic mass is 9.83. The van der Waals surface area contributed by atoms with Gasteiger partial charge in [-0.25, -0.2) is 18.4 Å². The molecule has 0 unspecified atom stereocenters. The molecule has 8 heteroatoms. The number of furan rings is 1. The summed E-state index contributed by atoms with van der Waals surface area (Å²) in [6.07, 6.45) is 7.18. The van der Waals surface area contributed by atoms with Gasteiger partial charge in [0.25, 0.3) is 0 Å². The van der Waals surface area contributed by atoms with Gasteiger partial charge >= 0.3 is 6.01 Å². The second-order valence-electron chi connectivity index (χ2n) is 6.49. The summed E-state index contributed by atoms with van der Waals surface area (Å²) in [5.74, 6) is 0.211. The summed E-state index contributed by atoms with van der Waals surface area (Å²) in [5, 5.41) is 0. The average Bonchev–Trinajstić information content (AvgIpc) is 3.13. The van der Waals surface area contributed by atoms with Gasteiger partial charge < -0.3 is 9.15 Å². The van der Waals surface area contributed by atoms with E-state index in [0.717, 1.165) is 5.56 Å². The van der Waals surface area contributed by atoms with Crippen molar-refractivity contribution >= 4 is 9.84 Å². The van der Waals surface area contributed by atoms with Crippen molar-refractivity contribution in [3.05, 3.63) is 42.6 Å². The van der Waals surface area contributed by atoms with Gasteiger partial charge in [0, 0.05) is 43.5 Å². The molecule has 2 aliphatic rings. The van der Waals surface area contributed by atoms with E-state index in [1.165, 1.54) is 0 Å². The highest BCUT2D eigenvalue weighted by molar-refractivity contribution is 7.93. The minimum Gasteiger partial charge on any atom is -0.472 e. The predicted molar refractivity (Wildman–Crippen MR) is 86.1 cm³/mol. The van der Waals surface area contributed by atoms with Crippen LogP contribution < -0.4 is 4.74 Å². The Morgan fingerprint density at radius 2 is 2.12 bits per heavy atom. The molecule has 2 fully saturated rings. The van der Waals surface area contributed by atoms with E-state index in [1.54, 1.807) is 31.0 Å². The van der Waals surface area contributed by atoms with Crippen LogP contribution in [0.3, 0.4) is 0 Å². The molecule has 2 aromatic heterocycles. The molecule has 128 valence electrons. The highest BCUT2D eigenvalue weighted by Gasteiger charge is 2.61. The van der Waals surface area contributed by atoms with Crippen LogP contribution in [-0.2, 0) is 16.4 Å². The molecular weight excluding hydrogens is 330 g/mol. The Morgan fingerprint density at radius 3 is 2.83 bits per heavy atom. The second kappa shape index (κ2) is 5.86. The lowest BCUT2D eigenvalue weighted by Crippen LogP contribution is -2.67. The van der Waals surface area contributed by atoms with Crippen molar-refractivity contribution in [3.8, 4) is 6.01 Å². The number of likely N-dealkylation sites (tertiary alicyclic amines) is 1. The van der Waals surface area contributed by atoms with E-state index in [9.17, 15) is 8.42 Å². The summed E-state index contributed by atoms with van der Waals surface area (Å²) >= 11 is 0. The van der Waals surface area contributed by atoms with Crippen molar-refractivity contribution in [2.45, 2.75) is 17.7 Å². The molecule has 0 aliphatic carbocycles. The van der Waals surface area contributed by atoms with Crippen molar-refractivity contribution < 1.29 is 17.6 Å². The number of hydrogen-bond donors (Lipinski definition) is 0. The van der Waals surface area contributed by atoms with Crippen molar-refractivity contribution in [1.29, 1.82) is 0 Å². The lowest BCUT2D eigenvalue weighted by molar-refractivity contribution is 0.0571. The van der Waals surface area contributed by atoms with E-state index in [-0.39, 0.29) is 11.7 Å². The minimum atomic E-state index is -3.10. The van der Waals surface area contributed by atoms with Gasteiger partial charge in [-0.05, 0) is 18.6 Å². The molecule has 0 amide bonds. The normalized spacial score (nSPS) is 24.8. The van der Waals surface area contributed by atoms with Gasteiger partial charge in [-0.3, -0.25) is 4.90 Å². The summed E-state index contributed by atoms with van der Waals surface area (Å²) in [7, 11) is -3.10. The Hall–Kier alpha value is -1.93. The third-order valence-electron chi connectivity index (χ3n) is 5.02. The Labute approximate surface area is 140 Å². The molecule has 7 nitrogen and oxygen atoms in total. The maximum Gasteiger partial charge on any atom is 0.316 e. The predicted octanol–water partition coefficient (Wildman–Crippen LogP) is 1.14. The van der Waals surface area contributed by atoms with Crippen LogP contribution in [0.5, 0.6) is 6.01 Å². The topological polar surface area (TPSA) is 85.5 Å². The van der Waals surface area contributed by atoms with Crippen molar-refractivity contribution in [2.24, 2.45) is 5.92 Å². The summed E-state index contributed by atoms with van der Waals surface area (Å²) in [6.45, 7) is 2.14. The zero-order valence-electron chi connectivity index (χ0n) is 13.2. The molecule has 2 aliphatic heterocycles. The number of nitrogens with zero attached hydrogens (tertiary/aromatic N) is 3. The molecule has 0 aromatic carbocycles. The van der Waals surface area contributed by atoms with Gasteiger partial charge in [0.1, 0.15) is 4.75 Å². The molecule has 0 N–H and O–H groups in total. The van der Waals surface area contributed by atoms with Crippen molar-refractivity contribution in [2.75, 3.05) is 25.4 Å². The monoisotopic (exact) mass is 349 g/mol. The van der Waals surface area contributed by atoms with Gasteiger partial charge in [0.2, 0.25) is 0 Å². The van der Waals surface area contributed by atoms with Gasteiger partial charge in [0.05, 0.1) is 24.9 Å². The molecule has 0 radical (unpaired) electrons. The Morgan fingerprint density at radius 1 is 1.33 bits per heavy atom. The smallest absolute Gasteiger partial charge is 0.316 e. The zero-order valence-corrected chi connectivity index (χ0v) is 14.0. The number of aromatic nitrogens is 2. The van der Waals surface area contributed by atoms with Gasteiger partial charge in [0.15, 0.2) is 9.84 Å². The largest absolute Gasteiger partial charge is 0.472 e. The quantitative estimate of drug-likeness (QED) is 0.800. The van der Waals surface area contributed by atoms with E-state index in [4.69, 9.17) is 9.15 Å². The fourth-order valence-corrected chi connectivity index (χ4v) is 6.16. The minimum absolute atomic E-state index is 0.0214. The Kier molecular flexibility index (Phi) is 3.80. The number of rotatable bonds is 5. The maximum atomic E-state index is 12.6. The van der Waals surface area contributed by atoms with Crippen LogP contribution in [0, 0.1) is 5.92 Å². The van der Waals surface area contributed by atoms with Crippen LogP contribution in [0.4, 0.5) is 0 Å². The fourth-order valence-electron chi connectivity index (χ4n) is 3.71. The van der Waals surface area contributed by atoms with Gasteiger partial charge in [-0.2, -0.15) is 0 Å². The third kappa shape index (κ3) is 2.59. The summed E-state index contributed by atoms with van der Waals surface area (Å²) in [6, 6.07) is 3.92. The maximum absolute atomic E-state index is 12.6. The summed E-state index contributed by atoms with van der Waals surface area (Å²) in [4.78, 5) is 10.2. The highest BCUT2D eigenvalue weighted by atomic mass is 32.2. The zero-order chi connectivity index (χ0) is 16.6. The van der Waals surface area contributed by atoms with Crippen LogP contribution in [0.15, 0.2) is 41.5 Å². The third-order valence-corrected chi connectivity index (χ3v) is 7.63. The summed E-state index contributed by atoms with van der Waals surface area (Å²) < 4.78 is 35.2. The van der Waals surface area contributed by atoms with E-state index in [0.29, 0.717) is 38.7 Å². The van der Waals surface area contributed by atoms with Crippen LogP contribution >= 0.6 is 0 Å². The molecule has 2 aromatic rings. The first-order valence-electron chi connectivity index (χ1n) is 7.95. The van der Waals surface area contributed by atoms with E-state index in [1.807, 2.05) is 6.07 Å². The molecule has 24 heavy (non-hydrogen) atoms. The molecule has 1 atom stereocenters. The fraction of sp³-hybridized carbons (Fsp3) is 0.500. The first-order valence-corrected chi connectivity index (χ1v) is 9.60. The lowest BCUT2D eigenvalue weighted by Gasteiger charge is -2.49. The van der Waals surface area contributed by atoms with Crippen LogP contribution in [-0.4, -0.2) is 53.5 Å². The Balaban J connectivity index is 1.43. The highest BCUT2D eigenvalue weighted by Crippen LogP contribution is 2.45. The first-order chi connectivity index (χ1) is 11.6. The van der Waals surface area contributed by atoms with Crippen LogP contribution in [0.25, 0.3) is 0 Å². The standard InChI is InChI=1S/C16H19N3O4S/c20-24(21)7-3-14(10-23-15-17-4-1-5-18-15)16(24)11-19(12-16)8-13-2-6-22-9-13/h1-2,4-6,9,14H,3,7-8,10-12H2/t14-/m0/s1. The molecule has 1 spiro atoms. The second-order valence-corrected chi connectivity index (χ2v) is 8.94. The van der Waals surface area contributed by atoms with Gasteiger partial charge in [-0.1, -0.05) is 0 Å². The number of sulfone groups is 1. The molecule has 0 saturated carbocycles. The molecule has 2 saturated heterocycles. The SMILES string of the molecule is O=S1(=O)CC[C@@H](COc2ncccn2)C12CN(Cc1ccoc1)C2. The summed E-state index contributed by atoms with van der Waals surface area (Å²) in [5.41, 5.74) is 1.06. The van der Waals surface area contributed by atoms with Crippen LogP contribution in [0.1, 0.15) is 12.0 Å². The van der Waals surface area contributed by atoms with Crippen LogP contribution in [0.2, 0.25) is 0 Å². The van der Waals surface area contributed by atoms with E-state index >= 15 is 0 Å². The van der Waals surface area contributed by atoms with E-state index < -0.39 is 14.6 Å². The molecule has 0 bridgehead atoms. The van der Waals surface area contributed by atoms with E-state index in [2.05, 4.69) is 14.9 Å². The Bertz CT molecular complexity index is 786. The van der Waals surface area contributed by atoms with Crippen molar-refractivity contribution in [3.63, 3.8) is 0 Å². The van der Waals surface area contributed by atoms with Gasteiger partial charge in [-0.15, -0.1) is 0 Å². The molecule has 4 heterocycles. The molecular formula is C16H19N3O4S.